The van der Waals surface area contributed by atoms with Gasteiger partial charge in [-0.1, -0.05) is 12.1 Å². The number of aromatic hydroxyl groups is 1. The molecule has 1 aliphatic rings. The standard InChI is InChI=1S/C16H20N4O6S/c1-6-3-2-4-7-9(6)10(18-19-16(17)27)14(25)20(7)15-13(24)12(23)11(22)8(5-21)26-15/h2-4,8,11-13,15,21-25H,5H2,1H3,(H2,17,27). The Kier molecular flexibility index (Phi) is 5.42. The zero-order valence-electron chi connectivity index (χ0n) is 14.3. The zero-order chi connectivity index (χ0) is 19.9. The van der Waals surface area contributed by atoms with Crippen molar-refractivity contribution >= 4 is 33.9 Å². The first-order valence-corrected chi connectivity index (χ1v) is 8.53. The van der Waals surface area contributed by atoms with Crippen molar-refractivity contribution in [3.63, 3.8) is 0 Å². The Balaban J connectivity index is 2.21. The highest BCUT2D eigenvalue weighted by Crippen LogP contribution is 2.44. The summed E-state index contributed by atoms with van der Waals surface area (Å²) >= 11 is 4.68. The van der Waals surface area contributed by atoms with Gasteiger partial charge in [-0.15, -0.1) is 10.2 Å². The predicted octanol–water partition coefficient (Wildman–Crippen LogP) is -0.0450. The highest BCUT2D eigenvalue weighted by Gasteiger charge is 2.45. The van der Waals surface area contributed by atoms with E-state index in [1.165, 1.54) is 4.57 Å². The fourth-order valence-electron chi connectivity index (χ4n) is 3.25. The third-order valence-electron chi connectivity index (χ3n) is 4.56. The van der Waals surface area contributed by atoms with Crippen LogP contribution in [0.4, 0.5) is 5.69 Å². The molecule has 0 amide bonds. The van der Waals surface area contributed by atoms with E-state index in [4.69, 9.17) is 10.5 Å². The number of aryl methyl sites for hydroxylation is 1. The van der Waals surface area contributed by atoms with Gasteiger partial charge in [0.2, 0.25) is 11.0 Å². The number of benzene rings is 1. The second-order valence-electron chi connectivity index (χ2n) is 6.27. The van der Waals surface area contributed by atoms with Gasteiger partial charge < -0.3 is 36.0 Å². The molecule has 1 saturated heterocycles. The van der Waals surface area contributed by atoms with Crippen LogP contribution in [0.25, 0.3) is 10.9 Å². The van der Waals surface area contributed by atoms with Crippen LogP contribution in [0.2, 0.25) is 0 Å². The van der Waals surface area contributed by atoms with Crippen LogP contribution in [0.3, 0.4) is 0 Å². The van der Waals surface area contributed by atoms with Crippen molar-refractivity contribution in [3.8, 4) is 5.88 Å². The Hall–Kier alpha value is -2.15. The monoisotopic (exact) mass is 396 g/mol. The van der Waals surface area contributed by atoms with E-state index in [0.29, 0.717) is 10.9 Å². The van der Waals surface area contributed by atoms with Gasteiger partial charge in [-0.3, -0.25) is 4.57 Å². The van der Waals surface area contributed by atoms with Gasteiger partial charge in [0, 0.05) is 5.39 Å². The maximum absolute atomic E-state index is 10.8. The molecule has 7 N–H and O–H groups in total. The van der Waals surface area contributed by atoms with E-state index in [1.807, 2.05) is 0 Å². The number of rotatable bonds is 3. The van der Waals surface area contributed by atoms with Gasteiger partial charge in [-0.05, 0) is 30.8 Å². The number of hydrogen-bond donors (Lipinski definition) is 6. The summed E-state index contributed by atoms with van der Waals surface area (Å²) in [5, 5.41) is 58.4. The lowest BCUT2D eigenvalue weighted by Gasteiger charge is -2.40. The van der Waals surface area contributed by atoms with E-state index in [-0.39, 0.29) is 10.8 Å². The van der Waals surface area contributed by atoms with Crippen LogP contribution < -0.4 is 5.73 Å². The molecule has 10 nitrogen and oxygen atoms in total. The summed E-state index contributed by atoms with van der Waals surface area (Å²) in [6.45, 7) is 1.20. The fraction of sp³-hybridized carbons (Fsp3) is 0.438. The van der Waals surface area contributed by atoms with Crippen LogP contribution in [0, 0.1) is 6.92 Å². The third-order valence-corrected chi connectivity index (χ3v) is 4.64. The van der Waals surface area contributed by atoms with E-state index in [9.17, 15) is 25.5 Å². The number of azo groups is 1. The average molecular weight is 396 g/mol. The number of nitrogens with two attached hydrogens (primary N) is 1. The molecule has 2 heterocycles. The molecule has 1 aliphatic heterocycles. The van der Waals surface area contributed by atoms with Crippen LogP contribution >= 0.6 is 12.2 Å². The van der Waals surface area contributed by atoms with Crippen molar-refractivity contribution in [3.05, 3.63) is 23.8 Å². The Labute approximate surface area is 159 Å². The van der Waals surface area contributed by atoms with Crippen LogP contribution in [-0.2, 0) is 4.74 Å². The third kappa shape index (κ3) is 3.29. The molecule has 0 bridgehead atoms. The summed E-state index contributed by atoms with van der Waals surface area (Å²) in [5.41, 5.74) is 6.60. The van der Waals surface area contributed by atoms with Crippen molar-refractivity contribution < 1.29 is 30.3 Å². The first-order valence-electron chi connectivity index (χ1n) is 8.12. The fourth-order valence-corrected chi connectivity index (χ4v) is 3.29. The molecule has 1 fully saturated rings. The molecule has 3 rings (SSSR count). The van der Waals surface area contributed by atoms with Gasteiger partial charge in [0.1, 0.15) is 24.4 Å². The molecule has 27 heavy (non-hydrogen) atoms. The maximum Gasteiger partial charge on any atom is 0.223 e. The molecule has 5 unspecified atom stereocenters. The summed E-state index contributed by atoms with van der Waals surface area (Å²) in [5.74, 6) is -0.399. The molecule has 0 radical (unpaired) electrons. The summed E-state index contributed by atoms with van der Waals surface area (Å²) < 4.78 is 6.78. The molecule has 0 aliphatic carbocycles. The maximum atomic E-state index is 10.8. The number of aliphatic hydroxyl groups is 4. The quantitative estimate of drug-likeness (QED) is 0.310. The number of ether oxygens (including phenoxy) is 1. The first-order chi connectivity index (χ1) is 12.8. The van der Waals surface area contributed by atoms with Crippen molar-refractivity contribution in [1.29, 1.82) is 0 Å². The summed E-state index contributed by atoms with van der Waals surface area (Å²) in [6, 6.07) is 5.18. The van der Waals surface area contributed by atoms with E-state index in [0.717, 1.165) is 5.56 Å². The molecular formula is C16H20N4O6S. The normalized spacial score (nSPS) is 28.9. The van der Waals surface area contributed by atoms with Crippen LogP contribution in [-0.4, -0.2) is 66.2 Å². The first kappa shape index (κ1) is 19.6. The molecular weight excluding hydrogens is 376 g/mol. The van der Waals surface area contributed by atoms with Gasteiger partial charge in [-0.2, -0.15) is 0 Å². The predicted molar refractivity (Wildman–Crippen MR) is 98.7 cm³/mol. The number of aromatic nitrogens is 1. The summed E-state index contributed by atoms with van der Waals surface area (Å²) in [4.78, 5) is 0. The van der Waals surface area contributed by atoms with Crippen LogP contribution in [0.15, 0.2) is 28.4 Å². The lowest BCUT2D eigenvalue weighted by Crippen LogP contribution is -2.56. The molecule has 146 valence electrons. The molecule has 5 atom stereocenters. The van der Waals surface area contributed by atoms with Crippen LogP contribution in [0.5, 0.6) is 5.88 Å². The lowest BCUT2D eigenvalue weighted by atomic mass is 9.98. The number of nitrogens with zero attached hydrogens (tertiary/aromatic N) is 3. The van der Waals surface area contributed by atoms with E-state index >= 15 is 0 Å². The number of aliphatic hydroxyl groups excluding tert-OH is 4. The largest absolute Gasteiger partial charge is 0.493 e. The van der Waals surface area contributed by atoms with Crippen molar-refractivity contribution in [2.24, 2.45) is 16.0 Å². The van der Waals surface area contributed by atoms with Crippen molar-refractivity contribution in [1.82, 2.24) is 4.57 Å². The zero-order valence-corrected chi connectivity index (χ0v) is 15.1. The van der Waals surface area contributed by atoms with E-state index in [2.05, 4.69) is 22.4 Å². The molecule has 2 aromatic rings. The van der Waals surface area contributed by atoms with Gasteiger partial charge in [-0.25, -0.2) is 0 Å². The Morgan fingerprint density at radius 1 is 1.26 bits per heavy atom. The van der Waals surface area contributed by atoms with E-state index in [1.54, 1.807) is 25.1 Å². The molecule has 0 saturated carbocycles. The van der Waals surface area contributed by atoms with E-state index < -0.39 is 43.1 Å². The molecule has 11 heteroatoms. The number of thiocarbonyl (C=S) groups is 1. The minimum atomic E-state index is -1.59. The molecule has 0 spiro atoms. The molecule has 1 aromatic carbocycles. The highest BCUT2D eigenvalue weighted by atomic mass is 32.1. The minimum absolute atomic E-state index is 0.0628. The average Bonchev–Trinajstić information content (AvgIpc) is 2.91. The smallest absolute Gasteiger partial charge is 0.223 e. The van der Waals surface area contributed by atoms with Crippen molar-refractivity contribution in [2.45, 2.75) is 37.6 Å². The number of fused-ring (bicyclic) bond motifs is 1. The minimum Gasteiger partial charge on any atom is -0.493 e. The number of hydrogen-bond acceptors (Lipinski definition) is 8. The second kappa shape index (κ2) is 7.46. The highest BCUT2D eigenvalue weighted by molar-refractivity contribution is 7.80. The van der Waals surface area contributed by atoms with Gasteiger partial charge >= 0.3 is 0 Å². The molecule has 1 aromatic heterocycles. The van der Waals surface area contributed by atoms with Gasteiger partial charge in [0.05, 0.1) is 12.1 Å². The Bertz CT molecular complexity index is 899. The van der Waals surface area contributed by atoms with Crippen molar-refractivity contribution in [2.75, 3.05) is 6.61 Å². The summed E-state index contributed by atoms with van der Waals surface area (Å²) in [6.07, 6.45) is -7.11. The summed E-state index contributed by atoms with van der Waals surface area (Å²) in [7, 11) is 0. The SMILES string of the molecule is Cc1cccc2c1c(N=NC(N)=S)c(O)n2C1OC(CO)C(O)C(O)C1O. The van der Waals surface area contributed by atoms with Gasteiger partial charge in [0.15, 0.2) is 11.9 Å². The van der Waals surface area contributed by atoms with Gasteiger partial charge in [0.25, 0.3) is 0 Å². The Morgan fingerprint density at radius 2 is 1.96 bits per heavy atom. The lowest BCUT2D eigenvalue weighted by molar-refractivity contribution is -0.251. The van der Waals surface area contributed by atoms with Crippen LogP contribution in [0.1, 0.15) is 11.8 Å². The second-order valence-corrected chi connectivity index (χ2v) is 6.69. The Morgan fingerprint density at radius 3 is 2.59 bits per heavy atom. The topological polar surface area (TPSA) is 166 Å².